The maximum absolute atomic E-state index is 11.7. The molecule has 1 rings (SSSR count). The molecule has 0 aliphatic rings. The van der Waals surface area contributed by atoms with Crippen LogP contribution in [0.25, 0.3) is 0 Å². The van der Waals surface area contributed by atoms with E-state index < -0.39 is 0 Å². The molecule has 0 aromatic heterocycles. The molecule has 0 spiro atoms. The average molecular weight is 386 g/mol. The van der Waals surface area contributed by atoms with E-state index in [0.29, 0.717) is 34.9 Å². The van der Waals surface area contributed by atoms with E-state index in [4.69, 9.17) is 21.1 Å². The van der Waals surface area contributed by atoms with Crippen LogP contribution < -0.4 is 4.74 Å². The lowest BCUT2D eigenvalue weighted by Gasteiger charge is -2.12. The molecule has 17 heavy (non-hydrogen) atoms. The third kappa shape index (κ3) is 3.86. The first kappa shape index (κ1) is 14.8. The maximum atomic E-state index is 11.7. The smallest absolute Gasteiger partial charge is 0.339 e. The van der Waals surface area contributed by atoms with Gasteiger partial charge in [-0.2, -0.15) is 0 Å². The number of benzene rings is 1. The van der Waals surface area contributed by atoms with Crippen LogP contribution in [0.5, 0.6) is 5.75 Å². The molecule has 0 N–H and O–H groups in total. The second kappa shape index (κ2) is 7.24. The van der Waals surface area contributed by atoms with E-state index >= 15 is 0 Å². The molecule has 1 aromatic carbocycles. The summed E-state index contributed by atoms with van der Waals surface area (Å²) in [5, 5.41) is 0. The van der Waals surface area contributed by atoms with Gasteiger partial charge in [-0.25, -0.2) is 4.79 Å². The number of esters is 1. The molecule has 3 nitrogen and oxygen atoms in total. The second-order valence-electron chi connectivity index (χ2n) is 3.00. The zero-order valence-corrected chi connectivity index (χ0v) is 13.1. The quantitative estimate of drug-likeness (QED) is 0.567. The fraction of sp³-hybridized carbons (Fsp3) is 0.364. The zero-order valence-electron chi connectivity index (χ0n) is 9.13. The van der Waals surface area contributed by atoms with Crippen molar-refractivity contribution in [2.24, 2.45) is 0 Å². The van der Waals surface area contributed by atoms with Gasteiger partial charge in [-0.15, -0.1) is 11.6 Å². The van der Waals surface area contributed by atoms with Gasteiger partial charge in [-0.3, -0.25) is 0 Å². The predicted octanol–water partition coefficient (Wildman–Crippen LogP) is 4.01. The van der Waals surface area contributed by atoms with Crippen LogP contribution in [0.2, 0.25) is 0 Å². The lowest BCUT2D eigenvalue weighted by atomic mass is 10.2. The van der Waals surface area contributed by atoms with E-state index in [1.807, 2.05) is 0 Å². The van der Waals surface area contributed by atoms with Gasteiger partial charge in [0, 0.05) is 0 Å². The highest BCUT2D eigenvalue weighted by atomic mass is 79.9. The van der Waals surface area contributed by atoms with Crippen molar-refractivity contribution < 1.29 is 14.3 Å². The van der Waals surface area contributed by atoms with E-state index in [1.54, 1.807) is 19.1 Å². The Bertz CT molecular complexity index is 410. The number of carbonyl (C=O) groups is 1. The molecule has 0 saturated carbocycles. The summed E-state index contributed by atoms with van der Waals surface area (Å²) in [6, 6.07) is 3.40. The van der Waals surface area contributed by atoms with Crippen LogP contribution in [-0.2, 0) is 4.74 Å². The van der Waals surface area contributed by atoms with Crippen molar-refractivity contribution in [3.63, 3.8) is 0 Å². The van der Waals surface area contributed by atoms with Crippen molar-refractivity contribution in [3.05, 3.63) is 26.6 Å². The zero-order chi connectivity index (χ0) is 12.8. The van der Waals surface area contributed by atoms with E-state index in [1.165, 1.54) is 0 Å². The Morgan fingerprint density at radius 1 is 1.41 bits per heavy atom. The fourth-order valence-corrected chi connectivity index (χ4v) is 2.58. The number of carbonyl (C=O) groups excluding carboxylic acids is 1. The highest BCUT2D eigenvalue weighted by Gasteiger charge is 2.17. The topological polar surface area (TPSA) is 35.5 Å². The van der Waals surface area contributed by atoms with E-state index in [0.717, 1.165) is 4.47 Å². The van der Waals surface area contributed by atoms with E-state index in [9.17, 15) is 4.79 Å². The molecule has 1 aromatic rings. The van der Waals surface area contributed by atoms with Crippen molar-refractivity contribution >= 4 is 49.4 Å². The van der Waals surface area contributed by atoms with Crippen LogP contribution in [0.3, 0.4) is 0 Å². The van der Waals surface area contributed by atoms with Crippen LogP contribution in [0, 0.1) is 0 Å². The number of hydrogen-bond donors (Lipinski definition) is 0. The van der Waals surface area contributed by atoms with Crippen LogP contribution >= 0.6 is 43.5 Å². The minimum absolute atomic E-state index is 0.333. The van der Waals surface area contributed by atoms with Gasteiger partial charge < -0.3 is 9.47 Å². The molecule has 0 saturated heterocycles. The van der Waals surface area contributed by atoms with Gasteiger partial charge in [0.25, 0.3) is 0 Å². The normalized spacial score (nSPS) is 10.1. The Balaban J connectivity index is 3.05. The van der Waals surface area contributed by atoms with Gasteiger partial charge in [-0.1, -0.05) is 0 Å². The number of ether oxygens (including phenoxy) is 2. The number of rotatable bonds is 5. The molecule has 0 amide bonds. The Hall–Kier alpha value is -0.260. The molecule has 6 heteroatoms. The Morgan fingerprint density at radius 2 is 2.12 bits per heavy atom. The van der Waals surface area contributed by atoms with E-state index in [2.05, 4.69) is 31.9 Å². The summed E-state index contributed by atoms with van der Waals surface area (Å²) >= 11 is 12.2. The van der Waals surface area contributed by atoms with Gasteiger partial charge in [-0.05, 0) is 50.9 Å². The van der Waals surface area contributed by atoms with E-state index in [-0.39, 0.29) is 5.97 Å². The monoisotopic (exact) mass is 384 g/mol. The summed E-state index contributed by atoms with van der Waals surface area (Å²) in [6.45, 7) is 2.46. The molecule has 94 valence electrons. The van der Waals surface area contributed by atoms with Crippen molar-refractivity contribution in [3.8, 4) is 5.75 Å². The lowest BCUT2D eigenvalue weighted by Crippen LogP contribution is -2.07. The van der Waals surface area contributed by atoms with Crippen molar-refractivity contribution in [2.45, 2.75) is 6.92 Å². The standard InChI is InChI=1S/C11H11Br2ClO3/c1-2-16-11(15)7-3-4-8(12)10(9(7)13)17-6-5-14/h3-4H,2,5-6H2,1H3. The summed E-state index contributed by atoms with van der Waals surface area (Å²) in [7, 11) is 0. The first-order chi connectivity index (χ1) is 8.11. The van der Waals surface area contributed by atoms with Gasteiger partial charge in [0.1, 0.15) is 12.4 Å². The first-order valence-electron chi connectivity index (χ1n) is 4.95. The van der Waals surface area contributed by atoms with Gasteiger partial charge in [0.15, 0.2) is 0 Å². The fourth-order valence-electron chi connectivity index (χ4n) is 1.17. The van der Waals surface area contributed by atoms with Crippen molar-refractivity contribution in [1.29, 1.82) is 0 Å². The summed E-state index contributed by atoms with van der Waals surface area (Å²) in [5.41, 5.74) is 0.430. The summed E-state index contributed by atoms with van der Waals surface area (Å²) < 4.78 is 11.7. The minimum Gasteiger partial charge on any atom is -0.490 e. The Morgan fingerprint density at radius 3 is 2.71 bits per heavy atom. The summed E-state index contributed by atoms with van der Waals surface area (Å²) in [4.78, 5) is 11.7. The van der Waals surface area contributed by atoms with Crippen LogP contribution in [0.15, 0.2) is 21.1 Å². The summed E-state index contributed by atoms with van der Waals surface area (Å²) in [5.74, 6) is 0.543. The van der Waals surface area contributed by atoms with Crippen LogP contribution in [-0.4, -0.2) is 25.1 Å². The number of halogens is 3. The van der Waals surface area contributed by atoms with Crippen molar-refractivity contribution in [2.75, 3.05) is 19.1 Å². The Kier molecular flexibility index (Phi) is 6.30. The molecule has 0 bridgehead atoms. The number of alkyl halides is 1. The highest BCUT2D eigenvalue weighted by molar-refractivity contribution is 9.11. The lowest BCUT2D eigenvalue weighted by molar-refractivity contribution is 0.0524. The first-order valence-corrected chi connectivity index (χ1v) is 7.07. The molecule has 0 fully saturated rings. The van der Waals surface area contributed by atoms with Crippen molar-refractivity contribution in [1.82, 2.24) is 0 Å². The van der Waals surface area contributed by atoms with Gasteiger partial charge in [0.05, 0.1) is 27.0 Å². The molecule has 0 atom stereocenters. The molecule has 0 aliphatic carbocycles. The Labute approximate surface area is 122 Å². The number of hydrogen-bond acceptors (Lipinski definition) is 3. The molecule has 0 radical (unpaired) electrons. The minimum atomic E-state index is -0.386. The molecule has 0 unspecified atom stereocenters. The second-order valence-corrected chi connectivity index (χ2v) is 5.02. The largest absolute Gasteiger partial charge is 0.490 e. The SMILES string of the molecule is CCOC(=O)c1ccc(Br)c(OCCCl)c1Br. The molecule has 0 heterocycles. The van der Waals surface area contributed by atoms with Crippen LogP contribution in [0.4, 0.5) is 0 Å². The third-order valence-corrected chi connectivity index (χ3v) is 3.43. The third-order valence-electron chi connectivity index (χ3n) is 1.87. The molecular weight excluding hydrogens is 375 g/mol. The average Bonchev–Trinajstić information content (AvgIpc) is 2.29. The molecule has 0 aliphatic heterocycles. The molecular formula is C11H11Br2ClO3. The van der Waals surface area contributed by atoms with Gasteiger partial charge in [0.2, 0.25) is 0 Å². The van der Waals surface area contributed by atoms with Crippen LogP contribution in [0.1, 0.15) is 17.3 Å². The van der Waals surface area contributed by atoms with Gasteiger partial charge >= 0.3 is 5.97 Å². The summed E-state index contributed by atoms with van der Waals surface area (Å²) in [6.07, 6.45) is 0. The predicted molar refractivity (Wildman–Crippen MR) is 74.0 cm³/mol. The highest BCUT2D eigenvalue weighted by Crippen LogP contribution is 2.36. The maximum Gasteiger partial charge on any atom is 0.339 e.